The van der Waals surface area contributed by atoms with Crippen LogP contribution in [0, 0.1) is 0 Å². The number of hydrogen-bond acceptors (Lipinski definition) is 1. The molecule has 0 atom stereocenters. The van der Waals surface area contributed by atoms with Crippen molar-refractivity contribution in [3.63, 3.8) is 0 Å². The van der Waals surface area contributed by atoms with Crippen LogP contribution in [-0.4, -0.2) is 15.9 Å². The number of rotatable bonds is 5. The first-order valence-electron chi connectivity index (χ1n) is 6.94. The summed E-state index contributed by atoms with van der Waals surface area (Å²) in [6.45, 7) is 0. The lowest BCUT2D eigenvalue weighted by atomic mass is 9.97. The normalized spacial score (nSPS) is 15.4. The van der Waals surface area contributed by atoms with Crippen LogP contribution in [0.2, 0.25) is 0 Å². The summed E-state index contributed by atoms with van der Waals surface area (Å²) in [4.78, 5) is 0. The second kappa shape index (κ2) is 6.18. The van der Waals surface area contributed by atoms with Crippen LogP contribution in [0.1, 0.15) is 35.9 Å². The van der Waals surface area contributed by atoms with Gasteiger partial charge < -0.3 is 4.43 Å². The highest BCUT2D eigenvalue weighted by Crippen LogP contribution is 2.27. The first kappa shape index (κ1) is 12.6. The van der Waals surface area contributed by atoms with E-state index in [1.165, 1.54) is 30.4 Å². The van der Waals surface area contributed by atoms with Gasteiger partial charge in [-0.15, -0.1) is 0 Å². The molecule has 1 saturated carbocycles. The summed E-state index contributed by atoms with van der Waals surface area (Å²) >= 11 is 0. The number of benzene rings is 2. The molecule has 0 amide bonds. The molecule has 0 spiro atoms. The van der Waals surface area contributed by atoms with Gasteiger partial charge in [-0.05, 0) is 30.4 Å². The largest absolute Gasteiger partial charge is 0.414 e. The van der Waals surface area contributed by atoms with E-state index in [0.717, 1.165) is 0 Å². The maximum Gasteiger partial charge on any atom is 0.243 e. The van der Waals surface area contributed by atoms with Crippen molar-refractivity contribution in [3.8, 4) is 0 Å². The van der Waals surface area contributed by atoms with Gasteiger partial charge >= 0.3 is 0 Å². The van der Waals surface area contributed by atoms with E-state index in [2.05, 4.69) is 60.7 Å². The van der Waals surface area contributed by atoms with Gasteiger partial charge in [0.25, 0.3) is 0 Å². The molecule has 0 saturated heterocycles. The Hall–Kier alpha value is -1.38. The van der Waals surface area contributed by atoms with Crippen LogP contribution in [0.4, 0.5) is 0 Å². The smallest absolute Gasteiger partial charge is 0.243 e. The monoisotopic (exact) mass is 266 g/mol. The van der Waals surface area contributed by atoms with Gasteiger partial charge in [-0.1, -0.05) is 60.7 Å². The Kier molecular flexibility index (Phi) is 4.11. The Morgan fingerprint density at radius 1 is 0.842 bits per heavy atom. The first-order valence-corrected chi connectivity index (χ1v) is 7.93. The minimum absolute atomic E-state index is 0.378. The summed E-state index contributed by atoms with van der Waals surface area (Å²) in [5.74, 6) is 0. The number of hydrogen-bond donors (Lipinski definition) is 0. The van der Waals surface area contributed by atoms with Crippen LogP contribution in [0.3, 0.4) is 0 Å². The molecule has 2 aromatic carbocycles. The van der Waals surface area contributed by atoms with Crippen molar-refractivity contribution >= 4 is 9.76 Å². The van der Waals surface area contributed by atoms with Crippen LogP contribution in [0.25, 0.3) is 0 Å². The Morgan fingerprint density at radius 2 is 1.37 bits per heavy atom. The predicted octanol–water partition coefficient (Wildman–Crippen LogP) is 3.96. The molecule has 0 N–H and O–H groups in total. The molecule has 1 aliphatic carbocycles. The van der Waals surface area contributed by atoms with Crippen molar-refractivity contribution in [3.05, 3.63) is 71.8 Å². The third-order valence-electron chi connectivity index (χ3n) is 3.67. The van der Waals surface area contributed by atoms with E-state index in [1.54, 1.807) is 0 Å². The second-order valence-corrected chi connectivity index (χ2v) is 6.09. The average Bonchev–Trinajstić information content (AvgIpc) is 2.43. The van der Waals surface area contributed by atoms with Crippen LogP contribution in [-0.2, 0) is 4.43 Å². The maximum absolute atomic E-state index is 6.08. The van der Waals surface area contributed by atoms with Gasteiger partial charge in [-0.25, -0.2) is 0 Å². The molecule has 1 fully saturated rings. The third kappa shape index (κ3) is 3.14. The fraction of sp³-hybridized carbons (Fsp3) is 0.294. The molecule has 0 bridgehead atoms. The molecular formula is C17H18OSi. The molecular weight excluding hydrogens is 248 g/mol. The summed E-state index contributed by atoms with van der Waals surface area (Å²) < 4.78 is 6.08. The van der Waals surface area contributed by atoms with Gasteiger partial charge in [0, 0.05) is 11.6 Å². The second-order valence-electron chi connectivity index (χ2n) is 5.04. The van der Waals surface area contributed by atoms with E-state index in [1.807, 2.05) is 0 Å². The third-order valence-corrected chi connectivity index (χ3v) is 5.04. The standard InChI is InChI=1S/C17H18OSi/c1-3-8-14(9-4-1)17(15-10-5-2-6-11-15)19-18-16-12-7-13-16/h1-6,8-11,16-17H,7,12-13H2. The minimum atomic E-state index is 0.378. The highest BCUT2D eigenvalue weighted by Gasteiger charge is 2.22. The topological polar surface area (TPSA) is 9.23 Å². The van der Waals surface area contributed by atoms with E-state index in [9.17, 15) is 0 Å². The Morgan fingerprint density at radius 3 is 1.79 bits per heavy atom. The Labute approximate surface area is 117 Å². The lowest BCUT2D eigenvalue weighted by Gasteiger charge is -2.28. The highest BCUT2D eigenvalue weighted by atomic mass is 28.2. The maximum atomic E-state index is 6.08. The molecule has 1 aliphatic rings. The minimum Gasteiger partial charge on any atom is -0.414 e. The van der Waals surface area contributed by atoms with Gasteiger partial charge in [0.1, 0.15) is 0 Å². The molecule has 2 aromatic rings. The van der Waals surface area contributed by atoms with Crippen LogP contribution in [0.15, 0.2) is 60.7 Å². The van der Waals surface area contributed by atoms with Gasteiger partial charge in [0.15, 0.2) is 0 Å². The Bertz CT molecular complexity index is 454. The molecule has 3 rings (SSSR count). The first-order chi connectivity index (χ1) is 9.43. The van der Waals surface area contributed by atoms with Crippen LogP contribution < -0.4 is 0 Å². The van der Waals surface area contributed by atoms with E-state index in [4.69, 9.17) is 4.43 Å². The van der Waals surface area contributed by atoms with E-state index >= 15 is 0 Å². The zero-order valence-corrected chi connectivity index (χ0v) is 12.0. The lowest BCUT2D eigenvalue weighted by molar-refractivity contribution is 0.124. The molecule has 0 aromatic heterocycles. The van der Waals surface area contributed by atoms with Crippen LogP contribution in [0.5, 0.6) is 0 Å². The average molecular weight is 266 g/mol. The molecule has 0 aliphatic heterocycles. The van der Waals surface area contributed by atoms with Gasteiger partial charge in [0.2, 0.25) is 9.76 Å². The van der Waals surface area contributed by atoms with Gasteiger partial charge in [0.05, 0.1) is 0 Å². The highest BCUT2D eigenvalue weighted by molar-refractivity contribution is 6.31. The molecule has 1 nitrogen and oxygen atoms in total. The fourth-order valence-electron chi connectivity index (χ4n) is 2.27. The predicted molar refractivity (Wildman–Crippen MR) is 79.2 cm³/mol. The fourth-order valence-corrected chi connectivity index (χ4v) is 3.49. The summed E-state index contributed by atoms with van der Waals surface area (Å²) in [5, 5.41) is 0. The summed E-state index contributed by atoms with van der Waals surface area (Å²) in [7, 11) is 0.517. The van der Waals surface area contributed by atoms with E-state index < -0.39 is 0 Å². The van der Waals surface area contributed by atoms with Crippen LogP contribution >= 0.6 is 0 Å². The molecule has 0 heterocycles. The van der Waals surface area contributed by atoms with Crippen molar-refractivity contribution in [1.29, 1.82) is 0 Å². The van der Waals surface area contributed by atoms with E-state index in [0.29, 0.717) is 21.4 Å². The van der Waals surface area contributed by atoms with Crippen molar-refractivity contribution < 1.29 is 4.43 Å². The zero-order chi connectivity index (χ0) is 12.9. The van der Waals surface area contributed by atoms with Crippen molar-refractivity contribution in [2.45, 2.75) is 30.9 Å². The zero-order valence-electron chi connectivity index (χ0n) is 11.0. The molecule has 2 heteroatoms. The van der Waals surface area contributed by atoms with E-state index in [-0.39, 0.29) is 0 Å². The quantitative estimate of drug-likeness (QED) is 0.744. The van der Waals surface area contributed by atoms with Crippen molar-refractivity contribution in [2.24, 2.45) is 0 Å². The van der Waals surface area contributed by atoms with Gasteiger partial charge in [-0.2, -0.15) is 0 Å². The molecule has 96 valence electrons. The van der Waals surface area contributed by atoms with Crippen molar-refractivity contribution in [2.75, 3.05) is 0 Å². The van der Waals surface area contributed by atoms with Gasteiger partial charge in [-0.3, -0.25) is 0 Å². The summed E-state index contributed by atoms with van der Waals surface area (Å²) in [6, 6.07) is 21.4. The SMILES string of the molecule is c1ccc(C([Si]OC2CCC2)c2ccccc2)cc1. The Balaban J connectivity index is 1.78. The summed E-state index contributed by atoms with van der Waals surface area (Å²) in [5.41, 5.74) is 3.08. The summed E-state index contributed by atoms with van der Waals surface area (Å²) in [6.07, 6.45) is 4.32. The molecule has 2 radical (unpaired) electrons. The molecule has 0 unspecified atom stereocenters. The molecule has 19 heavy (non-hydrogen) atoms. The van der Waals surface area contributed by atoms with Crippen molar-refractivity contribution in [1.82, 2.24) is 0 Å². The lowest BCUT2D eigenvalue weighted by Crippen LogP contribution is -2.26.